The number of halogens is 6. The first-order valence-corrected chi connectivity index (χ1v) is 9.54. The van der Waals surface area contributed by atoms with Crippen molar-refractivity contribution in [2.24, 2.45) is 0 Å². The zero-order chi connectivity index (χ0) is 23.8. The fourth-order valence-electron chi connectivity index (χ4n) is 3.56. The second-order valence-electron chi connectivity index (χ2n) is 7.16. The highest BCUT2D eigenvalue weighted by molar-refractivity contribution is 5.82. The maximum atomic E-state index is 15.4. The molecule has 14 heteroatoms. The quantitative estimate of drug-likeness (QED) is 0.436. The number of benzene rings is 1. The fourth-order valence-corrected chi connectivity index (χ4v) is 3.56. The van der Waals surface area contributed by atoms with Gasteiger partial charge in [0.2, 0.25) is 0 Å². The van der Waals surface area contributed by atoms with Gasteiger partial charge in [-0.1, -0.05) is 0 Å². The van der Waals surface area contributed by atoms with Crippen molar-refractivity contribution in [1.29, 1.82) is 0 Å². The Bertz CT molecular complexity index is 1130. The smallest absolute Gasteiger partial charge is 0.366 e. The summed E-state index contributed by atoms with van der Waals surface area (Å²) in [7, 11) is 0. The predicted octanol–water partition coefficient (Wildman–Crippen LogP) is 3.35. The lowest BCUT2D eigenvalue weighted by Gasteiger charge is -2.30. The van der Waals surface area contributed by atoms with Crippen LogP contribution in [0, 0.1) is 5.82 Å². The van der Waals surface area contributed by atoms with Gasteiger partial charge in [-0.15, -0.1) is 4.80 Å². The van der Waals surface area contributed by atoms with Crippen LogP contribution in [0.3, 0.4) is 0 Å². The molecular formula is C19H15F6N7O. The Morgan fingerprint density at radius 2 is 1.88 bits per heavy atom. The number of hydrogen-bond donors (Lipinski definition) is 1. The van der Waals surface area contributed by atoms with Gasteiger partial charge in [0.1, 0.15) is 17.5 Å². The van der Waals surface area contributed by atoms with Gasteiger partial charge in [0.05, 0.1) is 30.5 Å². The van der Waals surface area contributed by atoms with Crippen molar-refractivity contribution in [3.8, 4) is 5.69 Å². The summed E-state index contributed by atoms with van der Waals surface area (Å²) in [6.07, 6.45) is -1.08. The summed E-state index contributed by atoms with van der Waals surface area (Å²) in [6.45, 7) is -0.668. The molecule has 3 heterocycles. The largest absolute Gasteiger partial charge is 0.434 e. The molecule has 0 bridgehead atoms. The topological polar surface area (TPSA) is 88.8 Å². The summed E-state index contributed by atoms with van der Waals surface area (Å²) >= 11 is 0. The van der Waals surface area contributed by atoms with E-state index in [9.17, 15) is 26.7 Å². The first-order valence-electron chi connectivity index (χ1n) is 9.54. The Kier molecular flexibility index (Phi) is 5.68. The molecule has 1 aliphatic rings. The Labute approximate surface area is 182 Å². The van der Waals surface area contributed by atoms with Crippen LogP contribution in [0.4, 0.5) is 37.8 Å². The zero-order valence-corrected chi connectivity index (χ0v) is 16.6. The van der Waals surface area contributed by atoms with E-state index in [1.165, 1.54) is 24.5 Å². The Hall–Kier alpha value is -3.71. The van der Waals surface area contributed by atoms with Crippen LogP contribution >= 0.6 is 0 Å². The fraction of sp³-hybridized carbons (Fsp3) is 0.316. The molecule has 174 valence electrons. The minimum atomic E-state index is -4.69. The predicted molar refractivity (Wildman–Crippen MR) is 103 cm³/mol. The number of nitrogens with one attached hydrogen (secondary N) is 1. The second-order valence-corrected chi connectivity index (χ2v) is 7.16. The monoisotopic (exact) mass is 471 g/mol. The normalized spacial score (nSPS) is 17.9. The number of carbonyl (C=O) groups excluding carboxylic acids is 1. The number of nitrogens with zero attached hydrogens (tertiary/aromatic N) is 6. The van der Waals surface area contributed by atoms with Gasteiger partial charge >= 0.3 is 6.18 Å². The van der Waals surface area contributed by atoms with Gasteiger partial charge in [0, 0.05) is 25.1 Å². The molecule has 0 unspecified atom stereocenters. The van der Waals surface area contributed by atoms with E-state index in [0.29, 0.717) is 12.5 Å². The average molecular weight is 471 g/mol. The number of alkyl halides is 5. The van der Waals surface area contributed by atoms with E-state index in [2.05, 4.69) is 25.5 Å². The minimum absolute atomic E-state index is 0.0758. The van der Waals surface area contributed by atoms with Crippen LogP contribution in [0.5, 0.6) is 0 Å². The van der Waals surface area contributed by atoms with Crippen LogP contribution in [-0.2, 0) is 6.18 Å². The van der Waals surface area contributed by atoms with Gasteiger partial charge in [-0.2, -0.15) is 23.4 Å². The summed E-state index contributed by atoms with van der Waals surface area (Å²) < 4.78 is 82.5. The maximum absolute atomic E-state index is 15.4. The highest BCUT2D eigenvalue weighted by Gasteiger charge is 2.49. The third-order valence-electron chi connectivity index (χ3n) is 5.15. The molecular weight excluding hydrogens is 456 g/mol. The Morgan fingerprint density at radius 1 is 1.15 bits per heavy atom. The molecule has 33 heavy (non-hydrogen) atoms. The number of aldehydes is 1. The second kappa shape index (κ2) is 8.33. The molecule has 0 radical (unpaired) electrons. The molecule has 1 aliphatic heterocycles. The molecule has 1 atom stereocenters. The van der Waals surface area contributed by atoms with Crippen LogP contribution in [0.25, 0.3) is 5.69 Å². The van der Waals surface area contributed by atoms with Gasteiger partial charge in [-0.3, -0.25) is 4.79 Å². The van der Waals surface area contributed by atoms with E-state index in [4.69, 9.17) is 0 Å². The molecule has 0 amide bonds. The van der Waals surface area contributed by atoms with Crippen LogP contribution < -0.4 is 10.2 Å². The van der Waals surface area contributed by atoms with Crippen molar-refractivity contribution in [1.82, 2.24) is 25.0 Å². The highest BCUT2D eigenvalue weighted by atomic mass is 19.4. The van der Waals surface area contributed by atoms with Gasteiger partial charge in [0.25, 0.3) is 5.92 Å². The van der Waals surface area contributed by atoms with Crippen molar-refractivity contribution in [3.63, 3.8) is 0 Å². The summed E-state index contributed by atoms with van der Waals surface area (Å²) in [4.78, 5) is 20.1. The van der Waals surface area contributed by atoms with E-state index in [1.54, 1.807) is 0 Å². The summed E-state index contributed by atoms with van der Waals surface area (Å²) in [5.41, 5.74) is -1.79. The van der Waals surface area contributed by atoms with E-state index >= 15 is 4.39 Å². The summed E-state index contributed by atoms with van der Waals surface area (Å²) in [5, 5.41) is 10.1. The van der Waals surface area contributed by atoms with E-state index in [-0.39, 0.29) is 29.3 Å². The third-order valence-corrected chi connectivity index (χ3v) is 5.15. The Morgan fingerprint density at radius 3 is 2.48 bits per heavy atom. The number of hydrogen-bond acceptors (Lipinski definition) is 7. The lowest BCUT2D eigenvalue weighted by atomic mass is 10.1. The third kappa shape index (κ3) is 4.32. The Balaban J connectivity index is 1.61. The van der Waals surface area contributed by atoms with E-state index < -0.39 is 42.6 Å². The van der Waals surface area contributed by atoms with Crippen molar-refractivity contribution >= 4 is 17.8 Å². The molecule has 2 aromatic heterocycles. The molecule has 1 N–H and O–H groups in total. The average Bonchev–Trinajstić information content (AvgIpc) is 3.39. The van der Waals surface area contributed by atoms with Crippen molar-refractivity contribution in [2.75, 3.05) is 23.3 Å². The van der Waals surface area contributed by atoms with Crippen LogP contribution in [-0.4, -0.2) is 56.3 Å². The highest BCUT2D eigenvalue weighted by Crippen LogP contribution is 2.39. The first-order chi connectivity index (χ1) is 15.6. The maximum Gasteiger partial charge on any atom is 0.434 e. The molecule has 0 saturated carbocycles. The standard InChI is InChI=1S/C19H15F6N7O/c20-16-12(2-1-11(10-33)17(16)32-29-4-5-30-32)31-6-3-18(21,22)14(31)8-28-15-9-26-13(7-27-15)19(23,24)25/h1-2,4-5,7,9-10,14H,3,6,8H2,(H,27,28)/t14-/m1/s1. The molecule has 0 spiro atoms. The van der Waals surface area contributed by atoms with Gasteiger partial charge in [0.15, 0.2) is 17.8 Å². The number of rotatable bonds is 6. The van der Waals surface area contributed by atoms with Crippen LogP contribution in [0.15, 0.2) is 36.9 Å². The molecule has 3 aromatic rings. The van der Waals surface area contributed by atoms with Crippen molar-refractivity contribution < 1.29 is 31.1 Å². The SMILES string of the molecule is O=Cc1ccc(N2CCC(F)(F)[C@H]2CNc2cnc(C(F)(F)F)cn2)c(F)c1-n1nccn1. The number of anilines is 2. The molecule has 0 aliphatic carbocycles. The molecule has 8 nitrogen and oxygen atoms in total. The lowest BCUT2D eigenvalue weighted by molar-refractivity contribution is -0.141. The molecule has 1 saturated heterocycles. The zero-order valence-electron chi connectivity index (χ0n) is 16.6. The summed E-state index contributed by atoms with van der Waals surface area (Å²) in [6, 6.07) is 0.918. The summed E-state index contributed by atoms with van der Waals surface area (Å²) in [5.74, 6) is -4.36. The van der Waals surface area contributed by atoms with Gasteiger partial charge < -0.3 is 10.2 Å². The molecule has 1 aromatic carbocycles. The van der Waals surface area contributed by atoms with Crippen LogP contribution in [0.1, 0.15) is 22.5 Å². The molecule has 1 fully saturated rings. The van der Waals surface area contributed by atoms with Crippen LogP contribution in [0.2, 0.25) is 0 Å². The first kappa shape index (κ1) is 22.5. The molecule has 4 rings (SSSR count). The van der Waals surface area contributed by atoms with Crippen molar-refractivity contribution in [3.05, 3.63) is 54.0 Å². The van der Waals surface area contributed by atoms with E-state index in [1.807, 2.05) is 0 Å². The minimum Gasteiger partial charge on any atom is -0.366 e. The number of carbonyl (C=O) groups is 1. The van der Waals surface area contributed by atoms with E-state index in [0.717, 1.165) is 15.9 Å². The van der Waals surface area contributed by atoms with Gasteiger partial charge in [-0.25, -0.2) is 23.1 Å². The lowest BCUT2D eigenvalue weighted by Crippen LogP contribution is -2.44. The number of aromatic nitrogens is 5. The van der Waals surface area contributed by atoms with Gasteiger partial charge in [-0.05, 0) is 12.1 Å². The van der Waals surface area contributed by atoms with Crippen molar-refractivity contribution in [2.45, 2.75) is 24.6 Å².